The van der Waals surface area contributed by atoms with Gasteiger partial charge in [0.15, 0.2) is 5.82 Å². The standard InChI is InChI=1S/C25H34N6O/c1-17(32)31-12-5-7-23(31)25-27-21-16-30(13-10-20(21)24(26-2)28-25)15-18-8-9-22-19(14-18)6-4-11-29(22)3/h8-9,14,23H,4-7,10-13,15-16H2,1-3H3,(H,26,27,28)/t23-/m1/s1. The molecule has 1 fully saturated rings. The first kappa shape index (κ1) is 21.2. The van der Waals surface area contributed by atoms with Crippen molar-refractivity contribution in [3.63, 3.8) is 0 Å². The monoisotopic (exact) mass is 434 g/mol. The van der Waals surface area contributed by atoms with Gasteiger partial charge < -0.3 is 15.1 Å². The van der Waals surface area contributed by atoms with Gasteiger partial charge in [-0.2, -0.15) is 0 Å². The lowest BCUT2D eigenvalue weighted by atomic mass is 9.98. The van der Waals surface area contributed by atoms with Crippen molar-refractivity contribution in [3.05, 3.63) is 46.4 Å². The minimum absolute atomic E-state index is 0.00193. The lowest BCUT2D eigenvalue weighted by Crippen LogP contribution is -2.34. The van der Waals surface area contributed by atoms with Gasteiger partial charge in [-0.05, 0) is 49.3 Å². The number of aromatic nitrogens is 2. The second-order valence-electron chi connectivity index (χ2n) is 9.42. The Kier molecular flexibility index (Phi) is 5.76. The number of fused-ring (bicyclic) bond motifs is 2. The van der Waals surface area contributed by atoms with Crippen LogP contribution in [0.1, 0.15) is 60.4 Å². The highest BCUT2D eigenvalue weighted by atomic mass is 16.2. The first-order chi connectivity index (χ1) is 15.5. The molecule has 1 atom stereocenters. The van der Waals surface area contributed by atoms with Crippen LogP contribution in [-0.2, 0) is 30.7 Å². The lowest BCUT2D eigenvalue weighted by molar-refractivity contribution is -0.129. The molecule has 0 unspecified atom stereocenters. The van der Waals surface area contributed by atoms with Crippen LogP contribution in [0.5, 0.6) is 0 Å². The Labute approximate surface area is 190 Å². The Morgan fingerprint density at radius 2 is 2.03 bits per heavy atom. The molecule has 7 heteroatoms. The number of amides is 1. The van der Waals surface area contributed by atoms with Gasteiger partial charge in [0.05, 0.1) is 11.7 Å². The largest absolute Gasteiger partial charge is 0.374 e. The zero-order valence-electron chi connectivity index (χ0n) is 19.5. The van der Waals surface area contributed by atoms with E-state index in [1.165, 1.54) is 35.2 Å². The van der Waals surface area contributed by atoms with E-state index >= 15 is 0 Å². The van der Waals surface area contributed by atoms with E-state index in [-0.39, 0.29) is 11.9 Å². The molecule has 2 aromatic rings. The third kappa shape index (κ3) is 3.94. The van der Waals surface area contributed by atoms with Crippen molar-refractivity contribution in [1.82, 2.24) is 19.8 Å². The molecule has 0 radical (unpaired) electrons. The van der Waals surface area contributed by atoms with Crippen molar-refractivity contribution in [2.45, 2.75) is 58.2 Å². The summed E-state index contributed by atoms with van der Waals surface area (Å²) >= 11 is 0. The van der Waals surface area contributed by atoms with Crippen LogP contribution < -0.4 is 10.2 Å². The van der Waals surface area contributed by atoms with E-state index < -0.39 is 0 Å². The Balaban J connectivity index is 1.37. The second kappa shape index (κ2) is 8.70. The molecule has 0 spiro atoms. The molecule has 3 aliphatic rings. The third-order valence-electron chi connectivity index (χ3n) is 7.25. The minimum atomic E-state index is -0.00193. The van der Waals surface area contributed by atoms with Gasteiger partial charge in [-0.3, -0.25) is 9.69 Å². The highest BCUT2D eigenvalue weighted by molar-refractivity contribution is 5.74. The van der Waals surface area contributed by atoms with E-state index in [1.807, 2.05) is 11.9 Å². The van der Waals surface area contributed by atoms with Crippen LogP contribution in [-0.4, -0.2) is 59.4 Å². The fourth-order valence-corrected chi connectivity index (χ4v) is 5.60. The predicted octanol–water partition coefficient (Wildman–Crippen LogP) is 3.14. The Morgan fingerprint density at radius 1 is 1.16 bits per heavy atom. The summed E-state index contributed by atoms with van der Waals surface area (Å²) in [4.78, 5) is 28.7. The van der Waals surface area contributed by atoms with E-state index in [0.717, 1.165) is 69.3 Å². The van der Waals surface area contributed by atoms with Crippen molar-refractivity contribution in [2.24, 2.45) is 0 Å². The fraction of sp³-hybridized carbons (Fsp3) is 0.560. The Hall–Kier alpha value is -2.67. The van der Waals surface area contributed by atoms with Gasteiger partial charge in [-0.1, -0.05) is 12.1 Å². The quantitative estimate of drug-likeness (QED) is 0.798. The molecular formula is C25H34N6O. The highest BCUT2D eigenvalue weighted by Gasteiger charge is 2.32. The van der Waals surface area contributed by atoms with Crippen molar-refractivity contribution < 1.29 is 4.79 Å². The van der Waals surface area contributed by atoms with Gasteiger partial charge in [0.1, 0.15) is 5.82 Å². The highest BCUT2D eigenvalue weighted by Crippen LogP contribution is 2.33. The predicted molar refractivity (Wildman–Crippen MR) is 127 cm³/mol. The minimum Gasteiger partial charge on any atom is -0.374 e. The summed E-state index contributed by atoms with van der Waals surface area (Å²) in [6.45, 7) is 6.36. The maximum absolute atomic E-state index is 12.1. The van der Waals surface area contributed by atoms with Gasteiger partial charge in [-0.15, -0.1) is 0 Å². The summed E-state index contributed by atoms with van der Waals surface area (Å²) in [7, 11) is 4.12. The van der Waals surface area contributed by atoms with Gasteiger partial charge >= 0.3 is 0 Å². The Bertz CT molecular complexity index is 1020. The average molecular weight is 435 g/mol. The maximum Gasteiger partial charge on any atom is 0.220 e. The molecule has 0 bridgehead atoms. The number of carbonyl (C=O) groups excluding carboxylic acids is 1. The number of aryl methyl sites for hydroxylation is 1. The fourth-order valence-electron chi connectivity index (χ4n) is 5.60. The molecule has 32 heavy (non-hydrogen) atoms. The summed E-state index contributed by atoms with van der Waals surface area (Å²) < 4.78 is 0. The Morgan fingerprint density at radius 3 is 2.84 bits per heavy atom. The number of hydrogen-bond acceptors (Lipinski definition) is 6. The number of anilines is 2. The molecule has 1 saturated heterocycles. The van der Waals surface area contributed by atoms with E-state index in [4.69, 9.17) is 9.97 Å². The van der Waals surface area contributed by atoms with Gasteiger partial charge in [0.2, 0.25) is 5.91 Å². The normalized spacial score (nSPS) is 20.8. The first-order valence-electron chi connectivity index (χ1n) is 11.9. The zero-order valence-corrected chi connectivity index (χ0v) is 19.5. The zero-order chi connectivity index (χ0) is 22.2. The molecule has 1 N–H and O–H groups in total. The summed E-state index contributed by atoms with van der Waals surface area (Å²) in [6, 6.07) is 6.97. The second-order valence-corrected chi connectivity index (χ2v) is 9.42. The molecule has 5 rings (SSSR count). The number of carbonyl (C=O) groups is 1. The van der Waals surface area contributed by atoms with Gasteiger partial charge in [-0.25, -0.2) is 9.97 Å². The van der Waals surface area contributed by atoms with E-state index in [2.05, 4.69) is 40.4 Å². The molecule has 4 heterocycles. The number of nitrogens with zero attached hydrogens (tertiary/aromatic N) is 5. The number of benzene rings is 1. The van der Waals surface area contributed by atoms with Crippen molar-refractivity contribution in [2.75, 3.05) is 43.9 Å². The van der Waals surface area contributed by atoms with Crippen LogP contribution in [0.3, 0.4) is 0 Å². The number of likely N-dealkylation sites (tertiary alicyclic amines) is 1. The molecule has 1 amide bonds. The molecule has 1 aromatic carbocycles. The maximum atomic E-state index is 12.1. The molecule has 1 aromatic heterocycles. The molecule has 0 aliphatic carbocycles. The third-order valence-corrected chi connectivity index (χ3v) is 7.25. The van der Waals surface area contributed by atoms with Crippen LogP contribution in [0.25, 0.3) is 0 Å². The van der Waals surface area contributed by atoms with Crippen LogP contribution in [0.4, 0.5) is 11.5 Å². The topological polar surface area (TPSA) is 64.6 Å². The summed E-state index contributed by atoms with van der Waals surface area (Å²) in [5, 5.41) is 3.29. The lowest BCUT2D eigenvalue weighted by Gasteiger charge is -2.31. The van der Waals surface area contributed by atoms with Crippen molar-refractivity contribution >= 4 is 17.4 Å². The molecule has 3 aliphatic heterocycles. The van der Waals surface area contributed by atoms with Crippen LogP contribution >= 0.6 is 0 Å². The summed E-state index contributed by atoms with van der Waals surface area (Å²) in [6.07, 6.45) is 5.30. The van der Waals surface area contributed by atoms with Crippen LogP contribution in [0, 0.1) is 0 Å². The van der Waals surface area contributed by atoms with Gasteiger partial charge in [0, 0.05) is 65.0 Å². The van der Waals surface area contributed by atoms with Crippen LogP contribution in [0.15, 0.2) is 18.2 Å². The summed E-state index contributed by atoms with van der Waals surface area (Å²) in [5.74, 6) is 1.83. The molecule has 0 saturated carbocycles. The van der Waals surface area contributed by atoms with Crippen molar-refractivity contribution in [1.29, 1.82) is 0 Å². The molecular weight excluding hydrogens is 400 g/mol. The van der Waals surface area contributed by atoms with E-state index in [9.17, 15) is 4.79 Å². The summed E-state index contributed by atoms with van der Waals surface area (Å²) in [5.41, 5.74) is 6.57. The van der Waals surface area contributed by atoms with E-state index in [1.54, 1.807) is 6.92 Å². The number of rotatable bonds is 4. The van der Waals surface area contributed by atoms with Crippen LogP contribution in [0.2, 0.25) is 0 Å². The number of hydrogen-bond donors (Lipinski definition) is 1. The molecule has 7 nitrogen and oxygen atoms in total. The van der Waals surface area contributed by atoms with Crippen molar-refractivity contribution in [3.8, 4) is 0 Å². The van der Waals surface area contributed by atoms with E-state index in [0.29, 0.717) is 0 Å². The van der Waals surface area contributed by atoms with Gasteiger partial charge in [0.25, 0.3) is 0 Å². The SMILES string of the molecule is CNc1nc([C@H]2CCCN2C(C)=O)nc2c1CCN(Cc1ccc3c(c1)CCCN3C)C2. The first-order valence-corrected chi connectivity index (χ1v) is 11.9. The molecule has 170 valence electrons. The number of nitrogens with one attached hydrogen (secondary N) is 1. The average Bonchev–Trinajstić information content (AvgIpc) is 3.29. The smallest absolute Gasteiger partial charge is 0.220 e.